The smallest absolute Gasteiger partial charge is 0.337 e. The number of para-hydroxylation sites is 1. The van der Waals surface area contributed by atoms with Gasteiger partial charge < -0.3 is 20.7 Å². The van der Waals surface area contributed by atoms with Crippen molar-refractivity contribution in [2.45, 2.75) is 6.54 Å². The first-order valence-corrected chi connectivity index (χ1v) is 6.42. The second-order valence-electron chi connectivity index (χ2n) is 3.81. The summed E-state index contributed by atoms with van der Waals surface area (Å²) in [6.45, 7) is 0.214. The number of urea groups is 1. The van der Waals surface area contributed by atoms with Gasteiger partial charge in [-0.25, -0.2) is 14.6 Å². The van der Waals surface area contributed by atoms with Crippen LogP contribution in [-0.4, -0.2) is 27.1 Å². The molecule has 0 aliphatic heterocycles. The zero-order chi connectivity index (χ0) is 14.5. The van der Waals surface area contributed by atoms with Crippen LogP contribution in [0, 0.1) is 0 Å². The number of carboxylic acid groups (broad SMARTS) is 1. The summed E-state index contributed by atoms with van der Waals surface area (Å²) in [4.78, 5) is 29.6. The van der Waals surface area contributed by atoms with E-state index in [9.17, 15) is 9.59 Å². The Kier molecular flexibility index (Phi) is 4.36. The van der Waals surface area contributed by atoms with Gasteiger partial charge in [-0.2, -0.15) is 0 Å². The number of hydrogen-bond donors (Lipinski definition) is 4. The van der Waals surface area contributed by atoms with Crippen molar-refractivity contribution in [2.24, 2.45) is 0 Å². The predicted octanol–water partition coefficient (Wildman–Crippen LogP) is 2.19. The molecular formula is C12H11BrN4O3. The summed E-state index contributed by atoms with van der Waals surface area (Å²) >= 11 is 3.21. The summed E-state index contributed by atoms with van der Waals surface area (Å²) in [7, 11) is 0. The first kappa shape index (κ1) is 14.1. The minimum atomic E-state index is -1.12. The van der Waals surface area contributed by atoms with Crippen molar-refractivity contribution in [2.75, 3.05) is 5.32 Å². The third kappa shape index (κ3) is 3.35. The third-order valence-corrected chi connectivity index (χ3v) is 3.11. The van der Waals surface area contributed by atoms with E-state index in [1.807, 2.05) is 0 Å². The van der Waals surface area contributed by atoms with E-state index in [-0.39, 0.29) is 17.8 Å². The minimum absolute atomic E-state index is 0.00697. The molecule has 1 aromatic carbocycles. The summed E-state index contributed by atoms with van der Waals surface area (Å²) < 4.78 is 0.491. The number of anilines is 1. The zero-order valence-corrected chi connectivity index (χ0v) is 11.8. The van der Waals surface area contributed by atoms with E-state index in [4.69, 9.17) is 5.11 Å². The Bertz CT molecular complexity index is 628. The van der Waals surface area contributed by atoms with Crippen LogP contribution in [0.4, 0.5) is 10.5 Å². The summed E-state index contributed by atoms with van der Waals surface area (Å²) in [5, 5.41) is 14.1. The molecule has 8 heteroatoms. The van der Waals surface area contributed by atoms with Crippen LogP contribution >= 0.6 is 15.9 Å². The Hall–Kier alpha value is -2.35. The van der Waals surface area contributed by atoms with Crippen molar-refractivity contribution in [3.05, 3.63) is 46.5 Å². The van der Waals surface area contributed by atoms with E-state index in [0.717, 1.165) is 0 Å². The van der Waals surface area contributed by atoms with Gasteiger partial charge in [0.1, 0.15) is 5.82 Å². The maximum atomic E-state index is 11.8. The highest BCUT2D eigenvalue weighted by atomic mass is 79.9. The third-order valence-electron chi connectivity index (χ3n) is 2.45. The Morgan fingerprint density at radius 1 is 1.40 bits per heavy atom. The summed E-state index contributed by atoms with van der Waals surface area (Å²) in [5.74, 6) is -0.515. The molecule has 0 saturated heterocycles. The van der Waals surface area contributed by atoms with Crippen LogP contribution in [0.25, 0.3) is 0 Å². The molecule has 4 N–H and O–H groups in total. The Balaban J connectivity index is 2.06. The lowest BCUT2D eigenvalue weighted by molar-refractivity contribution is 0.0698. The molecule has 0 saturated carbocycles. The van der Waals surface area contributed by atoms with Gasteiger partial charge in [0, 0.05) is 16.9 Å². The highest BCUT2D eigenvalue weighted by Gasteiger charge is 2.15. The van der Waals surface area contributed by atoms with Crippen LogP contribution in [0.1, 0.15) is 16.2 Å². The monoisotopic (exact) mass is 338 g/mol. The molecule has 104 valence electrons. The van der Waals surface area contributed by atoms with E-state index < -0.39 is 12.0 Å². The van der Waals surface area contributed by atoms with Crippen LogP contribution in [0.2, 0.25) is 0 Å². The maximum absolute atomic E-state index is 11.8. The van der Waals surface area contributed by atoms with E-state index in [0.29, 0.717) is 10.3 Å². The number of aromatic amines is 1. The van der Waals surface area contributed by atoms with Crippen LogP contribution in [-0.2, 0) is 6.54 Å². The van der Waals surface area contributed by atoms with Gasteiger partial charge in [-0.1, -0.05) is 6.07 Å². The normalized spacial score (nSPS) is 10.1. The van der Waals surface area contributed by atoms with Gasteiger partial charge >= 0.3 is 12.0 Å². The van der Waals surface area contributed by atoms with Crippen LogP contribution in [0.15, 0.2) is 35.1 Å². The number of carbonyl (C=O) groups is 2. The minimum Gasteiger partial charge on any atom is -0.478 e. The number of aromatic nitrogens is 2. The number of carbonyl (C=O) groups excluding carboxylic acids is 1. The molecule has 0 atom stereocenters. The molecule has 20 heavy (non-hydrogen) atoms. The van der Waals surface area contributed by atoms with E-state index in [2.05, 4.69) is 36.5 Å². The SMILES string of the molecule is O=C(NCc1ncc[nH]1)Nc1c(Br)cccc1C(=O)O. The number of nitrogens with one attached hydrogen (secondary N) is 3. The van der Waals surface area contributed by atoms with E-state index in [1.54, 1.807) is 24.5 Å². The number of carboxylic acids is 1. The number of imidazole rings is 1. The number of halogens is 1. The van der Waals surface area contributed by atoms with E-state index >= 15 is 0 Å². The summed E-state index contributed by atoms with van der Waals surface area (Å²) in [5.41, 5.74) is 0.212. The van der Waals surface area contributed by atoms with Crippen molar-refractivity contribution >= 4 is 33.6 Å². The number of aromatic carboxylic acids is 1. The Morgan fingerprint density at radius 2 is 2.20 bits per heavy atom. The van der Waals surface area contributed by atoms with Crippen LogP contribution < -0.4 is 10.6 Å². The quantitative estimate of drug-likeness (QED) is 0.685. The van der Waals surface area contributed by atoms with E-state index in [1.165, 1.54) is 6.07 Å². The molecular weight excluding hydrogens is 328 g/mol. The molecule has 2 amide bonds. The maximum Gasteiger partial charge on any atom is 0.337 e. The number of H-pyrrole nitrogens is 1. The lowest BCUT2D eigenvalue weighted by atomic mass is 10.2. The molecule has 0 spiro atoms. The lowest BCUT2D eigenvalue weighted by Gasteiger charge is -2.11. The topological polar surface area (TPSA) is 107 Å². The molecule has 2 aromatic rings. The average molecular weight is 339 g/mol. The second kappa shape index (κ2) is 6.20. The fourth-order valence-corrected chi connectivity index (χ4v) is 2.01. The summed E-state index contributed by atoms with van der Waals surface area (Å²) in [6.07, 6.45) is 3.22. The molecule has 7 nitrogen and oxygen atoms in total. The number of hydrogen-bond acceptors (Lipinski definition) is 3. The number of rotatable bonds is 4. The van der Waals surface area contributed by atoms with Gasteiger partial charge in [0.2, 0.25) is 0 Å². The summed E-state index contributed by atoms with van der Waals surface area (Å²) in [6, 6.07) is 4.12. The lowest BCUT2D eigenvalue weighted by Crippen LogP contribution is -2.29. The molecule has 0 bridgehead atoms. The number of benzene rings is 1. The zero-order valence-electron chi connectivity index (χ0n) is 10.2. The fraction of sp³-hybridized carbons (Fsp3) is 0.0833. The van der Waals surface area contributed by atoms with Gasteiger partial charge in [-0.3, -0.25) is 0 Å². The molecule has 0 unspecified atom stereocenters. The average Bonchev–Trinajstić information content (AvgIpc) is 2.91. The van der Waals surface area contributed by atoms with Crippen LogP contribution in [0.5, 0.6) is 0 Å². The number of nitrogens with zero attached hydrogens (tertiary/aromatic N) is 1. The van der Waals surface area contributed by atoms with Gasteiger partial charge in [-0.15, -0.1) is 0 Å². The van der Waals surface area contributed by atoms with Gasteiger partial charge in [0.25, 0.3) is 0 Å². The van der Waals surface area contributed by atoms with Crippen molar-refractivity contribution in [1.82, 2.24) is 15.3 Å². The number of amides is 2. The van der Waals surface area contributed by atoms with Gasteiger partial charge in [0.05, 0.1) is 17.8 Å². The van der Waals surface area contributed by atoms with Crippen LogP contribution in [0.3, 0.4) is 0 Å². The molecule has 0 aliphatic rings. The largest absolute Gasteiger partial charge is 0.478 e. The molecule has 1 heterocycles. The molecule has 0 aliphatic carbocycles. The molecule has 0 radical (unpaired) electrons. The van der Waals surface area contributed by atoms with Crippen molar-refractivity contribution in [1.29, 1.82) is 0 Å². The highest BCUT2D eigenvalue weighted by Crippen LogP contribution is 2.26. The Labute approximate surface area is 122 Å². The molecule has 2 rings (SSSR count). The second-order valence-corrected chi connectivity index (χ2v) is 4.67. The first-order chi connectivity index (χ1) is 9.58. The Morgan fingerprint density at radius 3 is 2.85 bits per heavy atom. The van der Waals surface area contributed by atoms with Crippen molar-refractivity contribution in [3.63, 3.8) is 0 Å². The standard InChI is InChI=1S/C12H11BrN4O3/c13-8-3-1-2-7(11(18)19)10(8)17-12(20)16-6-9-14-4-5-15-9/h1-5H,6H2,(H,14,15)(H,18,19)(H2,16,17,20). The van der Waals surface area contributed by atoms with Gasteiger partial charge in [-0.05, 0) is 28.1 Å². The molecule has 0 fully saturated rings. The van der Waals surface area contributed by atoms with Crippen molar-refractivity contribution < 1.29 is 14.7 Å². The van der Waals surface area contributed by atoms with Crippen molar-refractivity contribution in [3.8, 4) is 0 Å². The molecule has 1 aromatic heterocycles. The van der Waals surface area contributed by atoms with Gasteiger partial charge in [0.15, 0.2) is 0 Å². The first-order valence-electron chi connectivity index (χ1n) is 5.63. The predicted molar refractivity (Wildman–Crippen MR) is 75.5 cm³/mol. The fourth-order valence-electron chi connectivity index (χ4n) is 1.55. The highest BCUT2D eigenvalue weighted by molar-refractivity contribution is 9.10.